The molecule has 0 radical (unpaired) electrons. The summed E-state index contributed by atoms with van der Waals surface area (Å²) >= 11 is 11.0. The van der Waals surface area contributed by atoms with Crippen molar-refractivity contribution in [2.75, 3.05) is 29.5 Å². The van der Waals surface area contributed by atoms with Gasteiger partial charge in [0.15, 0.2) is 5.06 Å². The summed E-state index contributed by atoms with van der Waals surface area (Å²) in [5.74, 6) is -0.139. The van der Waals surface area contributed by atoms with Crippen molar-refractivity contribution in [1.82, 2.24) is 5.32 Å². The number of anilines is 2. The van der Waals surface area contributed by atoms with Gasteiger partial charge < -0.3 is 19.7 Å². The first-order valence-electron chi connectivity index (χ1n) is 9.18. The van der Waals surface area contributed by atoms with Gasteiger partial charge in [0.25, 0.3) is 0 Å². The molecule has 0 saturated carbocycles. The zero-order chi connectivity index (χ0) is 21.3. The summed E-state index contributed by atoms with van der Waals surface area (Å²) in [6.45, 7) is 1.22. The Labute approximate surface area is 189 Å². The molecule has 30 heavy (non-hydrogen) atoms. The minimum absolute atomic E-state index is 0.139. The van der Waals surface area contributed by atoms with Crippen LogP contribution in [0.25, 0.3) is 0 Å². The van der Waals surface area contributed by atoms with Crippen molar-refractivity contribution in [2.45, 2.75) is 18.9 Å². The van der Waals surface area contributed by atoms with Crippen molar-refractivity contribution < 1.29 is 23.9 Å². The number of hydrogen-bond donors (Lipinski definition) is 1. The summed E-state index contributed by atoms with van der Waals surface area (Å²) in [4.78, 5) is 39.5. The fourth-order valence-electron chi connectivity index (χ4n) is 3.35. The van der Waals surface area contributed by atoms with Crippen molar-refractivity contribution in [3.8, 4) is 5.06 Å². The van der Waals surface area contributed by atoms with Gasteiger partial charge in [-0.2, -0.15) is 0 Å². The first-order chi connectivity index (χ1) is 14.4. The summed E-state index contributed by atoms with van der Waals surface area (Å²) in [5.41, 5.74) is 1.14. The van der Waals surface area contributed by atoms with Crippen LogP contribution in [0, 0.1) is 0 Å². The highest BCUT2D eigenvalue weighted by atomic mass is 79.9. The van der Waals surface area contributed by atoms with Crippen LogP contribution in [-0.2, 0) is 9.53 Å². The molecule has 1 aromatic carbocycles. The monoisotopic (exact) mass is 513 g/mol. The Morgan fingerprint density at radius 3 is 2.80 bits per heavy atom. The van der Waals surface area contributed by atoms with Crippen LogP contribution in [0.15, 0.2) is 34.1 Å². The Morgan fingerprint density at radius 2 is 2.10 bits per heavy atom. The number of amides is 3. The zero-order valence-corrected chi connectivity index (χ0v) is 18.8. The predicted octanol–water partition coefficient (Wildman–Crippen LogP) is 4.40. The van der Waals surface area contributed by atoms with E-state index in [1.54, 1.807) is 35.2 Å². The molecule has 2 aromatic rings. The lowest BCUT2D eigenvalue weighted by molar-refractivity contribution is -0.117. The third-order valence-electron chi connectivity index (χ3n) is 4.69. The van der Waals surface area contributed by atoms with Gasteiger partial charge in [-0.05, 0) is 52.7 Å². The van der Waals surface area contributed by atoms with Gasteiger partial charge >= 0.3 is 12.2 Å². The van der Waals surface area contributed by atoms with Crippen LogP contribution in [-0.4, -0.2) is 43.8 Å². The van der Waals surface area contributed by atoms with E-state index >= 15 is 0 Å². The van der Waals surface area contributed by atoms with Crippen LogP contribution in [0.4, 0.5) is 21.0 Å². The molecule has 1 unspecified atom stereocenters. The number of benzene rings is 1. The van der Waals surface area contributed by atoms with Crippen molar-refractivity contribution in [1.29, 1.82) is 0 Å². The first-order valence-corrected chi connectivity index (χ1v) is 11.2. The van der Waals surface area contributed by atoms with E-state index in [0.29, 0.717) is 41.2 Å². The third kappa shape index (κ3) is 4.55. The van der Waals surface area contributed by atoms with E-state index in [4.69, 9.17) is 21.1 Å². The van der Waals surface area contributed by atoms with Gasteiger partial charge in [-0.3, -0.25) is 9.69 Å². The van der Waals surface area contributed by atoms with Gasteiger partial charge in [-0.25, -0.2) is 9.59 Å². The van der Waals surface area contributed by atoms with Crippen LogP contribution >= 0.6 is 38.9 Å². The van der Waals surface area contributed by atoms with Crippen molar-refractivity contribution >= 4 is 68.3 Å². The number of nitrogens with one attached hydrogen (secondary N) is 1. The molecule has 0 bridgehead atoms. The second-order valence-electron chi connectivity index (χ2n) is 6.75. The molecular weight excluding hydrogens is 498 g/mol. The largest absolute Gasteiger partial charge is 0.449 e. The Balaban J connectivity index is 1.40. The molecule has 1 atom stereocenters. The third-order valence-corrected chi connectivity index (χ3v) is 6.50. The van der Waals surface area contributed by atoms with Crippen molar-refractivity contribution in [2.24, 2.45) is 0 Å². The molecule has 2 saturated heterocycles. The van der Waals surface area contributed by atoms with Gasteiger partial charge in [0, 0.05) is 25.2 Å². The number of carbonyl (C=O) groups is 3. The molecule has 1 aromatic heterocycles. The van der Waals surface area contributed by atoms with Gasteiger partial charge in [-0.15, -0.1) is 0 Å². The second-order valence-corrected chi connectivity index (χ2v) is 9.59. The lowest BCUT2D eigenvalue weighted by Crippen LogP contribution is -2.39. The van der Waals surface area contributed by atoms with Crippen LogP contribution in [0.2, 0.25) is 5.02 Å². The lowest BCUT2D eigenvalue weighted by Gasteiger charge is -2.27. The summed E-state index contributed by atoms with van der Waals surface area (Å²) in [7, 11) is 0. The molecule has 2 aliphatic rings. The topological polar surface area (TPSA) is 88.2 Å². The van der Waals surface area contributed by atoms with E-state index in [0.717, 1.165) is 10.2 Å². The number of rotatable bonds is 4. The second kappa shape index (κ2) is 8.83. The zero-order valence-electron chi connectivity index (χ0n) is 15.6. The van der Waals surface area contributed by atoms with E-state index < -0.39 is 12.2 Å². The highest BCUT2D eigenvalue weighted by Gasteiger charge is 2.33. The van der Waals surface area contributed by atoms with E-state index in [1.165, 1.54) is 16.2 Å². The average molecular weight is 515 g/mol. The number of nitrogens with zero attached hydrogens (tertiary/aromatic N) is 2. The molecule has 3 amide bonds. The highest BCUT2D eigenvalue weighted by molar-refractivity contribution is 9.11. The molecule has 0 spiro atoms. The normalized spacial score (nSPS) is 19.1. The molecule has 4 rings (SSSR count). The first kappa shape index (κ1) is 21.0. The van der Waals surface area contributed by atoms with E-state index in [2.05, 4.69) is 21.2 Å². The Bertz CT molecular complexity index is 1000. The Kier molecular flexibility index (Phi) is 6.16. The number of carbonyl (C=O) groups excluding carboxylic acids is 3. The van der Waals surface area contributed by atoms with Crippen molar-refractivity contribution in [3.05, 3.63) is 39.1 Å². The Morgan fingerprint density at radius 1 is 1.27 bits per heavy atom. The summed E-state index contributed by atoms with van der Waals surface area (Å²) in [5, 5.41) is 3.52. The molecule has 3 heterocycles. The lowest BCUT2D eigenvalue weighted by atomic mass is 10.2. The maximum absolute atomic E-state index is 12.5. The van der Waals surface area contributed by atoms with Gasteiger partial charge in [0.2, 0.25) is 5.91 Å². The molecular formula is C19H17BrClN3O5S. The summed E-state index contributed by atoms with van der Waals surface area (Å²) < 4.78 is 11.1. The fraction of sp³-hybridized carbons (Fsp3) is 0.316. The maximum Gasteiger partial charge on any atom is 0.414 e. The molecule has 1 N–H and O–H groups in total. The average Bonchev–Trinajstić information content (AvgIpc) is 3.27. The summed E-state index contributed by atoms with van der Waals surface area (Å²) in [6.07, 6.45) is -0.170. The minimum Gasteiger partial charge on any atom is -0.449 e. The SMILES string of the molecule is O=C(NC1CC(=O)N(c2ccc(N3CCCOC3=O)c(Cl)c2)C1)Oc1ccc(Br)s1. The minimum atomic E-state index is -0.610. The van der Waals surface area contributed by atoms with Crippen LogP contribution in [0.1, 0.15) is 12.8 Å². The predicted molar refractivity (Wildman–Crippen MR) is 117 cm³/mol. The number of cyclic esters (lactones) is 1. The van der Waals surface area contributed by atoms with E-state index in [-0.39, 0.29) is 18.4 Å². The number of hydrogen-bond acceptors (Lipinski definition) is 6. The van der Waals surface area contributed by atoms with Gasteiger partial charge in [0.1, 0.15) is 0 Å². The van der Waals surface area contributed by atoms with Crippen LogP contribution in [0.3, 0.4) is 0 Å². The number of ether oxygens (including phenoxy) is 2. The molecule has 8 nitrogen and oxygen atoms in total. The molecule has 2 fully saturated rings. The fourth-order valence-corrected chi connectivity index (χ4v) is 4.82. The summed E-state index contributed by atoms with van der Waals surface area (Å²) in [6, 6.07) is 8.14. The maximum atomic E-state index is 12.5. The number of halogens is 2. The van der Waals surface area contributed by atoms with Gasteiger partial charge in [-0.1, -0.05) is 22.9 Å². The van der Waals surface area contributed by atoms with Crippen LogP contribution in [0.5, 0.6) is 5.06 Å². The smallest absolute Gasteiger partial charge is 0.414 e. The molecule has 2 aliphatic heterocycles. The quantitative estimate of drug-likeness (QED) is 0.653. The van der Waals surface area contributed by atoms with E-state index in [1.807, 2.05) is 0 Å². The molecule has 11 heteroatoms. The highest BCUT2D eigenvalue weighted by Crippen LogP contribution is 2.33. The van der Waals surface area contributed by atoms with Crippen molar-refractivity contribution in [3.63, 3.8) is 0 Å². The molecule has 0 aliphatic carbocycles. The number of thiophene rings is 1. The van der Waals surface area contributed by atoms with Crippen LogP contribution < -0.4 is 19.9 Å². The molecule has 158 valence electrons. The van der Waals surface area contributed by atoms with E-state index in [9.17, 15) is 14.4 Å². The Hall–Kier alpha value is -2.30. The van der Waals surface area contributed by atoms with Gasteiger partial charge in [0.05, 0.1) is 27.1 Å². The standard InChI is InChI=1S/C19H17BrClN3O5S/c20-15-4-5-17(30-15)29-18(26)22-11-8-16(25)24(10-11)12-2-3-14(13(21)9-12)23-6-1-7-28-19(23)27/h2-5,9,11H,1,6-8,10H2,(H,22,26).